The number of nitrogens with zero attached hydrogens (tertiary/aromatic N) is 2. The van der Waals surface area contributed by atoms with Crippen LogP contribution in [0.4, 0.5) is 5.69 Å². The lowest BCUT2D eigenvalue weighted by Gasteiger charge is -2.07. The van der Waals surface area contributed by atoms with Gasteiger partial charge in [0, 0.05) is 10.5 Å². The maximum Gasteiger partial charge on any atom is 0.363 e. The van der Waals surface area contributed by atoms with Gasteiger partial charge in [0.1, 0.15) is 5.75 Å². The van der Waals surface area contributed by atoms with Gasteiger partial charge in [-0.1, -0.05) is 28.1 Å². The summed E-state index contributed by atoms with van der Waals surface area (Å²) in [5, 5.41) is 11.1. The first-order valence-electron chi connectivity index (χ1n) is 7.09. The largest absolute Gasteiger partial charge is 0.496 e. The molecule has 1 heterocycles. The number of halogens is 1. The highest BCUT2D eigenvalue weighted by Gasteiger charge is 2.27. The van der Waals surface area contributed by atoms with Gasteiger partial charge in [0.15, 0.2) is 5.70 Å². The number of benzene rings is 2. The Morgan fingerprint density at radius 3 is 2.76 bits per heavy atom. The monoisotopic (exact) mass is 402 g/mol. The van der Waals surface area contributed by atoms with Crippen LogP contribution in [0.25, 0.3) is 6.08 Å². The molecule has 0 unspecified atom stereocenters. The topological polar surface area (TPSA) is 91.0 Å². The number of ether oxygens (including phenoxy) is 2. The molecule has 126 valence electrons. The van der Waals surface area contributed by atoms with E-state index >= 15 is 0 Å². The lowest BCUT2D eigenvalue weighted by molar-refractivity contribution is -0.385. The number of carbonyl (C=O) groups is 1. The quantitative estimate of drug-likeness (QED) is 0.336. The molecule has 2 aromatic carbocycles. The third-order valence-corrected chi connectivity index (χ3v) is 3.93. The molecule has 0 radical (unpaired) electrons. The van der Waals surface area contributed by atoms with Crippen LogP contribution in [0.15, 0.2) is 57.6 Å². The Kier molecular flexibility index (Phi) is 4.62. The second kappa shape index (κ2) is 6.86. The minimum atomic E-state index is -0.685. The number of hydrogen-bond acceptors (Lipinski definition) is 6. The molecule has 1 aliphatic heterocycles. The zero-order valence-electron chi connectivity index (χ0n) is 12.9. The summed E-state index contributed by atoms with van der Waals surface area (Å²) < 4.78 is 11.2. The molecule has 7 nitrogen and oxygen atoms in total. The Labute approximate surface area is 150 Å². The van der Waals surface area contributed by atoms with Gasteiger partial charge in [0.2, 0.25) is 5.90 Å². The van der Waals surface area contributed by atoms with Gasteiger partial charge in [-0.15, -0.1) is 0 Å². The molecule has 0 atom stereocenters. The van der Waals surface area contributed by atoms with E-state index in [0.29, 0.717) is 11.3 Å². The highest BCUT2D eigenvalue weighted by atomic mass is 79.9. The fraction of sp³-hybridized carbons (Fsp3) is 0.0588. The van der Waals surface area contributed by atoms with Gasteiger partial charge in [0.25, 0.3) is 5.69 Å². The number of cyclic esters (lactones) is 1. The van der Waals surface area contributed by atoms with Crippen LogP contribution in [0.3, 0.4) is 0 Å². The lowest BCUT2D eigenvalue weighted by atomic mass is 10.1. The zero-order chi connectivity index (χ0) is 18.0. The molecule has 0 saturated heterocycles. The molecule has 2 aromatic rings. The van der Waals surface area contributed by atoms with Gasteiger partial charge in [-0.3, -0.25) is 10.1 Å². The van der Waals surface area contributed by atoms with Crippen molar-refractivity contribution in [1.82, 2.24) is 0 Å². The maximum absolute atomic E-state index is 12.1. The second-order valence-electron chi connectivity index (χ2n) is 5.00. The molecule has 0 amide bonds. The van der Waals surface area contributed by atoms with Crippen molar-refractivity contribution in [1.29, 1.82) is 0 Å². The highest BCUT2D eigenvalue weighted by molar-refractivity contribution is 9.10. The number of aliphatic imine (C=N–C) groups is 1. The number of para-hydroxylation sites is 1. The summed E-state index contributed by atoms with van der Waals surface area (Å²) in [6.45, 7) is 0. The average Bonchev–Trinajstić information content (AvgIpc) is 2.96. The summed E-state index contributed by atoms with van der Waals surface area (Å²) in [4.78, 5) is 26.8. The van der Waals surface area contributed by atoms with Crippen molar-refractivity contribution in [3.05, 3.63) is 73.9 Å². The van der Waals surface area contributed by atoms with Crippen molar-refractivity contribution in [3.63, 3.8) is 0 Å². The van der Waals surface area contributed by atoms with Crippen LogP contribution in [0, 0.1) is 10.1 Å². The molecule has 0 bridgehead atoms. The van der Waals surface area contributed by atoms with E-state index in [1.165, 1.54) is 25.3 Å². The summed E-state index contributed by atoms with van der Waals surface area (Å²) in [7, 11) is 1.49. The van der Waals surface area contributed by atoms with Gasteiger partial charge < -0.3 is 9.47 Å². The number of methoxy groups -OCH3 is 1. The lowest BCUT2D eigenvalue weighted by Crippen LogP contribution is -2.07. The molecule has 25 heavy (non-hydrogen) atoms. The normalized spacial score (nSPS) is 15.0. The number of nitro groups is 1. The fourth-order valence-corrected chi connectivity index (χ4v) is 2.66. The number of hydrogen-bond donors (Lipinski definition) is 0. The summed E-state index contributed by atoms with van der Waals surface area (Å²) in [6, 6.07) is 11.3. The molecule has 0 aliphatic carbocycles. The number of esters is 1. The van der Waals surface area contributed by atoms with Gasteiger partial charge in [-0.25, -0.2) is 9.79 Å². The number of carbonyl (C=O) groups excluding carboxylic acids is 1. The van der Waals surface area contributed by atoms with Crippen LogP contribution in [-0.4, -0.2) is 23.9 Å². The maximum atomic E-state index is 12.1. The van der Waals surface area contributed by atoms with Gasteiger partial charge in [-0.2, -0.15) is 0 Å². The Bertz CT molecular complexity index is 936. The van der Waals surface area contributed by atoms with Gasteiger partial charge >= 0.3 is 5.97 Å². The van der Waals surface area contributed by atoms with Crippen molar-refractivity contribution in [2.75, 3.05) is 7.11 Å². The molecule has 8 heteroatoms. The third kappa shape index (κ3) is 3.43. The van der Waals surface area contributed by atoms with E-state index in [1.807, 2.05) is 0 Å². The summed E-state index contributed by atoms with van der Waals surface area (Å²) >= 11 is 3.34. The minimum absolute atomic E-state index is 0.0219. The first kappa shape index (κ1) is 16.8. The first-order chi connectivity index (χ1) is 12.0. The predicted molar refractivity (Wildman–Crippen MR) is 94.4 cm³/mol. The zero-order valence-corrected chi connectivity index (χ0v) is 14.5. The Morgan fingerprint density at radius 1 is 1.28 bits per heavy atom. The Balaban J connectivity index is 2.05. The molecule has 0 N–H and O–H groups in total. The van der Waals surface area contributed by atoms with Gasteiger partial charge in [-0.05, 0) is 30.3 Å². The van der Waals surface area contributed by atoms with Crippen molar-refractivity contribution in [2.24, 2.45) is 4.99 Å². The van der Waals surface area contributed by atoms with Crippen LogP contribution in [0.1, 0.15) is 11.1 Å². The van der Waals surface area contributed by atoms with E-state index < -0.39 is 10.9 Å². The minimum Gasteiger partial charge on any atom is -0.496 e. The van der Waals surface area contributed by atoms with Crippen LogP contribution in [-0.2, 0) is 9.53 Å². The van der Waals surface area contributed by atoms with Crippen LogP contribution >= 0.6 is 15.9 Å². The summed E-state index contributed by atoms with van der Waals surface area (Å²) in [5.74, 6) is -0.121. The Hall–Kier alpha value is -3.00. The van der Waals surface area contributed by atoms with Crippen molar-refractivity contribution < 1.29 is 19.2 Å². The van der Waals surface area contributed by atoms with E-state index in [-0.39, 0.29) is 22.8 Å². The number of rotatable bonds is 4. The standard InChI is InChI=1S/C17H11BrN2O5/c1-24-15-7-6-11(18)9-12(15)16-19-13(17(21)25-16)8-10-4-2-3-5-14(10)20(22)23/h2-9H,1H3/b13-8+. The number of nitro benzene ring substituents is 1. The van der Waals surface area contributed by atoms with E-state index in [2.05, 4.69) is 20.9 Å². The van der Waals surface area contributed by atoms with E-state index in [1.54, 1.807) is 30.3 Å². The molecular formula is C17H11BrN2O5. The highest BCUT2D eigenvalue weighted by Crippen LogP contribution is 2.29. The van der Waals surface area contributed by atoms with Gasteiger partial charge in [0.05, 0.1) is 23.2 Å². The predicted octanol–water partition coefficient (Wildman–Crippen LogP) is 3.71. The van der Waals surface area contributed by atoms with Crippen LogP contribution in [0.2, 0.25) is 0 Å². The molecular weight excluding hydrogens is 392 g/mol. The summed E-state index contributed by atoms with van der Waals surface area (Å²) in [5.41, 5.74) is 0.625. The van der Waals surface area contributed by atoms with Crippen molar-refractivity contribution in [3.8, 4) is 5.75 Å². The molecule has 0 spiro atoms. The molecule has 1 aliphatic rings. The molecule has 0 aromatic heterocycles. The molecule has 0 fully saturated rings. The summed E-state index contributed by atoms with van der Waals surface area (Å²) in [6.07, 6.45) is 1.33. The third-order valence-electron chi connectivity index (χ3n) is 3.44. The van der Waals surface area contributed by atoms with Crippen molar-refractivity contribution in [2.45, 2.75) is 0 Å². The van der Waals surface area contributed by atoms with Crippen LogP contribution < -0.4 is 4.74 Å². The van der Waals surface area contributed by atoms with Crippen LogP contribution in [0.5, 0.6) is 5.75 Å². The average molecular weight is 403 g/mol. The molecule has 0 saturated carbocycles. The molecule has 3 rings (SSSR count). The van der Waals surface area contributed by atoms with E-state index in [4.69, 9.17) is 9.47 Å². The van der Waals surface area contributed by atoms with E-state index in [9.17, 15) is 14.9 Å². The smallest absolute Gasteiger partial charge is 0.363 e. The van der Waals surface area contributed by atoms with Crippen molar-refractivity contribution >= 4 is 39.6 Å². The second-order valence-corrected chi connectivity index (χ2v) is 5.91. The Morgan fingerprint density at radius 2 is 2.04 bits per heavy atom. The first-order valence-corrected chi connectivity index (χ1v) is 7.89. The fourth-order valence-electron chi connectivity index (χ4n) is 2.29. The SMILES string of the molecule is COc1ccc(Br)cc1C1=N/C(=C/c2ccccc2[N+](=O)[O-])C(=O)O1. The van der Waals surface area contributed by atoms with E-state index in [0.717, 1.165) is 4.47 Å².